The zero-order valence-electron chi connectivity index (χ0n) is 11.5. The Balaban J connectivity index is 2.36. The van der Waals surface area contributed by atoms with Crippen molar-refractivity contribution >= 4 is 31.3 Å². The summed E-state index contributed by atoms with van der Waals surface area (Å²) in [6.07, 6.45) is 0.414. The van der Waals surface area contributed by atoms with Gasteiger partial charge in [0.1, 0.15) is 8.07 Å². The molecule has 1 aromatic carbocycles. The first kappa shape index (κ1) is 14.2. The van der Waals surface area contributed by atoms with Crippen molar-refractivity contribution in [1.29, 1.82) is 0 Å². The molecule has 19 heavy (non-hydrogen) atoms. The Labute approximate surface area is 120 Å². The summed E-state index contributed by atoms with van der Waals surface area (Å²) < 4.78 is 0. The minimum absolute atomic E-state index is 0.0854. The molecule has 0 N–H and O–H groups in total. The van der Waals surface area contributed by atoms with Crippen LogP contribution in [0.1, 0.15) is 12.0 Å². The Hall–Kier alpha value is -1.24. The number of benzene rings is 1. The summed E-state index contributed by atoms with van der Waals surface area (Å²) in [6.45, 7) is 7.20. The molecule has 100 valence electrons. The molecule has 0 aromatic heterocycles. The summed E-state index contributed by atoms with van der Waals surface area (Å²) in [5.74, 6) is 3.33. The normalized spacial score (nSPS) is 19.3. The van der Waals surface area contributed by atoms with E-state index in [9.17, 15) is 4.79 Å². The molecule has 1 amide bonds. The molecule has 0 aliphatic carbocycles. The number of hydrogen-bond donors (Lipinski definition) is 0. The number of nitrogens with zero attached hydrogens (tertiary/aromatic N) is 1. The number of rotatable bonds is 1. The van der Waals surface area contributed by atoms with Gasteiger partial charge in [0.05, 0.1) is 11.1 Å². The van der Waals surface area contributed by atoms with Gasteiger partial charge in [0, 0.05) is 18.5 Å². The van der Waals surface area contributed by atoms with Crippen LogP contribution in [0.4, 0.5) is 5.69 Å². The molecule has 1 fully saturated rings. The lowest BCUT2D eigenvalue weighted by Crippen LogP contribution is -2.25. The van der Waals surface area contributed by atoms with E-state index in [1.165, 1.54) is 0 Å². The van der Waals surface area contributed by atoms with E-state index in [0.29, 0.717) is 13.0 Å². The molecule has 1 aromatic rings. The van der Waals surface area contributed by atoms with Crippen LogP contribution in [0.3, 0.4) is 0 Å². The highest BCUT2D eigenvalue weighted by molar-refractivity contribution is 6.83. The van der Waals surface area contributed by atoms with Crippen molar-refractivity contribution in [3.63, 3.8) is 0 Å². The number of amides is 1. The van der Waals surface area contributed by atoms with E-state index in [1.807, 2.05) is 24.3 Å². The van der Waals surface area contributed by atoms with Gasteiger partial charge in [-0.3, -0.25) is 4.79 Å². The lowest BCUT2D eigenvalue weighted by atomic mass is 10.1. The van der Waals surface area contributed by atoms with E-state index in [1.54, 1.807) is 4.90 Å². The largest absolute Gasteiger partial charge is 0.310 e. The summed E-state index contributed by atoms with van der Waals surface area (Å²) in [7, 11) is -1.42. The molecule has 1 aliphatic heterocycles. The average molecular weight is 292 g/mol. The number of carbonyl (C=O) groups is 1. The van der Waals surface area contributed by atoms with E-state index < -0.39 is 8.07 Å². The molecular formula is C15H18ClNOSi. The van der Waals surface area contributed by atoms with Crippen LogP contribution in [0, 0.1) is 11.5 Å². The van der Waals surface area contributed by atoms with Crippen LogP contribution < -0.4 is 4.90 Å². The van der Waals surface area contributed by atoms with Gasteiger partial charge in [-0.2, -0.15) is 0 Å². The number of para-hydroxylation sites is 1. The zero-order valence-corrected chi connectivity index (χ0v) is 13.3. The third-order valence-corrected chi connectivity index (χ3v) is 4.01. The van der Waals surface area contributed by atoms with Gasteiger partial charge < -0.3 is 4.90 Å². The first-order valence-electron chi connectivity index (χ1n) is 6.43. The number of hydrogen-bond acceptors (Lipinski definition) is 1. The second kappa shape index (κ2) is 5.40. The Morgan fingerprint density at radius 3 is 2.58 bits per heavy atom. The van der Waals surface area contributed by atoms with Crippen LogP contribution in [0.2, 0.25) is 19.6 Å². The highest BCUT2D eigenvalue weighted by atomic mass is 35.5. The molecule has 1 aliphatic rings. The second-order valence-corrected chi connectivity index (χ2v) is 11.2. The molecule has 0 saturated carbocycles. The van der Waals surface area contributed by atoms with E-state index in [-0.39, 0.29) is 11.3 Å². The van der Waals surface area contributed by atoms with Crippen molar-refractivity contribution in [2.24, 2.45) is 0 Å². The molecule has 0 bridgehead atoms. The fourth-order valence-electron chi connectivity index (χ4n) is 1.97. The molecule has 1 saturated heterocycles. The van der Waals surface area contributed by atoms with Gasteiger partial charge in [0.15, 0.2) is 0 Å². The molecule has 2 rings (SSSR count). The van der Waals surface area contributed by atoms with E-state index in [2.05, 4.69) is 31.1 Å². The zero-order chi connectivity index (χ0) is 14.0. The van der Waals surface area contributed by atoms with Gasteiger partial charge in [-0.1, -0.05) is 37.7 Å². The molecule has 2 nitrogen and oxygen atoms in total. The summed E-state index contributed by atoms with van der Waals surface area (Å²) in [6, 6.07) is 7.80. The maximum Gasteiger partial charge on any atom is 0.228 e. The highest BCUT2D eigenvalue weighted by Gasteiger charge is 2.30. The minimum Gasteiger partial charge on any atom is -0.310 e. The maximum absolute atomic E-state index is 11.9. The third kappa shape index (κ3) is 3.62. The smallest absolute Gasteiger partial charge is 0.228 e. The van der Waals surface area contributed by atoms with Crippen LogP contribution in [0.15, 0.2) is 24.3 Å². The first-order chi connectivity index (χ1) is 8.87. The topological polar surface area (TPSA) is 20.3 Å². The van der Waals surface area contributed by atoms with E-state index in [4.69, 9.17) is 11.6 Å². The predicted molar refractivity (Wildman–Crippen MR) is 83.3 cm³/mol. The summed E-state index contributed by atoms with van der Waals surface area (Å²) >= 11 is 6.06. The van der Waals surface area contributed by atoms with Gasteiger partial charge in [0.2, 0.25) is 5.91 Å². The SMILES string of the molecule is C[Si](C)(C)C#Cc1ccccc1N1CC(Cl)CC1=O. The maximum atomic E-state index is 11.9. The first-order valence-corrected chi connectivity index (χ1v) is 10.4. The van der Waals surface area contributed by atoms with Gasteiger partial charge >= 0.3 is 0 Å². The molecule has 4 heteroatoms. The lowest BCUT2D eigenvalue weighted by molar-refractivity contribution is -0.117. The average Bonchev–Trinajstić information content (AvgIpc) is 2.65. The van der Waals surface area contributed by atoms with Gasteiger partial charge in [0.25, 0.3) is 0 Å². The molecular weight excluding hydrogens is 274 g/mol. The highest BCUT2D eigenvalue weighted by Crippen LogP contribution is 2.27. The van der Waals surface area contributed by atoms with Crippen molar-refractivity contribution < 1.29 is 4.79 Å². The fraction of sp³-hybridized carbons (Fsp3) is 0.400. The van der Waals surface area contributed by atoms with Crippen LogP contribution in [0.5, 0.6) is 0 Å². The van der Waals surface area contributed by atoms with Gasteiger partial charge in [-0.05, 0) is 12.1 Å². The predicted octanol–water partition coefficient (Wildman–Crippen LogP) is 3.26. The van der Waals surface area contributed by atoms with Gasteiger partial charge in [-0.15, -0.1) is 17.1 Å². The molecule has 1 heterocycles. The van der Waals surface area contributed by atoms with Crippen molar-refractivity contribution in [2.75, 3.05) is 11.4 Å². The van der Waals surface area contributed by atoms with E-state index in [0.717, 1.165) is 11.3 Å². The van der Waals surface area contributed by atoms with Crippen molar-refractivity contribution in [3.05, 3.63) is 29.8 Å². The van der Waals surface area contributed by atoms with Crippen LogP contribution in [-0.2, 0) is 4.79 Å². The monoisotopic (exact) mass is 291 g/mol. The quantitative estimate of drug-likeness (QED) is 0.442. The Morgan fingerprint density at radius 1 is 1.32 bits per heavy atom. The van der Waals surface area contributed by atoms with Crippen molar-refractivity contribution in [2.45, 2.75) is 31.4 Å². The molecule has 1 unspecified atom stereocenters. The Kier molecular flexibility index (Phi) is 4.03. The van der Waals surface area contributed by atoms with Crippen molar-refractivity contribution in [1.82, 2.24) is 0 Å². The second-order valence-electron chi connectivity index (χ2n) is 5.82. The Bertz CT molecular complexity index is 553. The molecule has 1 atom stereocenters. The minimum atomic E-state index is -1.42. The van der Waals surface area contributed by atoms with Crippen LogP contribution in [0.25, 0.3) is 0 Å². The number of carbonyl (C=O) groups excluding carboxylic acids is 1. The van der Waals surface area contributed by atoms with Gasteiger partial charge in [-0.25, -0.2) is 0 Å². The fourth-order valence-corrected chi connectivity index (χ4v) is 2.75. The lowest BCUT2D eigenvalue weighted by Gasteiger charge is -2.17. The number of alkyl halides is 1. The summed E-state index contributed by atoms with van der Waals surface area (Å²) in [4.78, 5) is 13.7. The summed E-state index contributed by atoms with van der Waals surface area (Å²) in [5.41, 5.74) is 5.16. The third-order valence-electron chi connectivity index (χ3n) is 2.84. The number of halogens is 1. The Morgan fingerprint density at radius 2 is 2.00 bits per heavy atom. The van der Waals surface area contributed by atoms with E-state index >= 15 is 0 Å². The molecule has 0 spiro atoms. The summed E-state index contributed by atoms with van der Waals surface area (Å²) in [5, 5.41) is -0.0921. The number of anilines is 1. The standard InChI is InChI=1S/C15H18ClNOSi/c1-19(2,3)9-8-12-6-4-5-7-14(12)17-11-13(16)10-15(17)18/h4-7,13H,10-11H2,1-3H3. The molecule has 0 radical (unpaired) electrons. The van der Waals surface area contributed by atoms with Crippen LogP contribution in [-0.4, -0.2) is 25.9 Å². The van der Waals surface area contributed by atoms with Crippen molar-refractivity contribution in [3.8, 4) is 11.5 Å². The van der Waals surface area contributed by atoms with Crippen LogP contribution >= 0.6 is 11.6 Å².